The molecular weight excluding hydrogens is 220 g/mol. The Kier molecular flexibility index (Phi) is 4.32. The summed E-state index contributed by atoms with van der Waals surface area (Å²) in [7, 11) is 0. The molecule has 18 heavy (non-hydrogen) atoms. The lowest BCUT2D eigenvalue weighted by Crippen LogP contribution is -1.89. The van der Waals surface area contributed by atoms with Crippen molar-refractivity contribution in [3.05, 3.63) is 77.4 Å². The van der Waals surface area contributed by atoms with Crippen molar-refractivity contribution in [1.29, 1.82) is 0 Å². The van der Waals surface area contributed by atoms with Crippen LogP contribution >= 0.6 is 0 Å². The van der Waals surface area contributed by atoms with E-state index in [2.05, 4.69) is 49.4 Å². The number of rotatable bonds is 4. The summed E-state index contributed by atoms with van der Waals surface area (Å²) >= 11 is 0. The van der Waals surface area contributed by atoms with Gasteiger partial charge in [0.2, 0.25) is 0 Å². The number of hydrogen-bond acceptors (Lipinski definition) is 1. The minimum atomic E-state index is 0.183. The van der Waals surface area contributed by atoms with Crippen molar-refractivity contribution in [1.82, 2.24) is 0 Å². The lowest BCUT2D eigenvalue weighted by atomic mass is 9.96. The Morgan fingerprint density at radius 2 is 1.56 bits per heavy atom. The number of hydrogen-bond donors (Lipinski definition) is 1. The topological polar surface area (TPSA) is 20.2 Å². The molecule has 0 saturated carbocycles. The third-order valence-corrected chi connectivity index (χ3v) is 2.92. The molecule has 2 rings (SSSR count). The van der Waals surface area contributed by atoms with E-state index in [0.717, 1.165) is 0 Å². The van der Waals surface area contributed by atoms with E-state index in [1.165, 1.54) is 22.3 Å². The molecule has 0 aromatic heterocycles. The zero-order chi connectivity index (χ0) is 12.8. The third kappa shape index (κ3) is 3.08. The van der Waals surface area contributed by atoms with Crippen molar-refractivity contribution >= 4 is 5.57 Å². The average molecular weight is 238 g/mol. The van der Waals surface area contributed by atoms with Crippen LogP contribution < -0.4 is 0 Å². The van der Waals surface area contributed by atoms with Crippen LogP contribution in [0.1, 0.15) is 23.1 Å². The molecule has 0 fully saturated rings. The predicted octanol–water partition coefficient (Wildman–Crippen LogP) is 3.81. The fourth-order valence-corrected chi connectivity index (χ4v) is 1.96. The average Bonchev–Trinajstić information content (AvgIpc) is 2.42. The van der Waals surface area contributed by atoms with E-state index >= 15 is 0 Å². The molecule has 0 aliphatic carbocycles. The SMILES string of the molecule is Cc1ccc(/C(=C/CCO)c2ccccc2)cc1. The van der Waals surface area contributed by atoms with Crippen LogP contribution in [0.3, 0.4) is 0 Å². The van der Waals surface area contributed by atoms with Crippen LogP contribution in [-0.4, -0.2) is 11.7 Å². The Balaban J connectivity index is 2.40. The molecule has 0 spiro atoms. The quantitative estimate of drug-likeness (QED) is 0.858. The number of aliphatic hydroxyl groups is 1. The molecule has 0 aliphatic heterocycles. The van der Waals surface area contributed by atoms with Gasteiger partial charge in [-0.1, -0.05) is 66.2 Å². The molecule has 1 nitrogen and oxygen atoms in total. The Labute approximate surface area is 108 Å². The smallest absolute Gasteiger partial charge is 0.0465 e. The molecule has 0 aliphatic rings. The fourth-order valence-electron chi connectivity index (χ4n) is 1.96. The van der Waals surface area contributed by atoms with Gasteiger partial charge >= 0.3 is 0 Å². The van der Waals surface area contributed by atoms with Gasteiger partial charge in [0.15, 0.2) is 0 Å². The summed E-state index contributed by atoms with van der Waals surface area (Å²) in [6.45, 7) is 2.27. The van der Waals surface area contributed by atoms with Crippen molar-refractivity contribution in [2.45, 2.75) is 13.3 Å². The van der Waals surface area contributed by atoms with Crippen LogP contribution in [-0.2, 0) is 0 Å². The second-order valence-corrected chi connectivity index (χ2v) is 4.36. The fraction of sp³-hybridized carbons (Fsp3) is 0.176. The summed E-state index contributed by atoms with van der Waals surface area (Å²) in [4.78, 5) is 0. The zero-order valence-electron chi connectivity index (χ0n) is 10.6. The standard InChI is InChI=1S/C17H18O/c1-14-9-11-16(12-10-14)17(8-5-13-18)15-6-3-2-4-7-15/h2-4,6-12,18H,5,13H2,1H3/b17-8+. The first-order valence-corrected chi connectivity index (χ1v) is 6.25. The van der Waals surface area contributed by atoms with Gasteiger partial charge in [0, 0.05) is 6.61 Å². The van der Waals surface area contributed by atoms with Gasteiger partial charge in [-0.2, -0.15) is 0 Å². The third-order valence-electron chi connectivity index (χ3n) is 2.92. The van der Waals surface area contributed by atoms with Gasteiger partial charge in [0.05, 0.1) is 0 Å². The maximum Gasteiger partial charge on any atom is 0.0465 e. The van der Waals surface area contributed by atoms with Gasteiger partial charge in [-0.25, -0.2) is 0 Å². The molecule has 92 valence electrons. The molecule has 2 aromatic carbocycles. The molecule has 0 amide bonds. The first-order valence-electron chi connectivity index (χ1n) is 6.25. The van der Waals surface area contributed by atoms with E-state index in [1.807, 2.05) is 18.2 Å². The van der Waals surface area contributed by atoms with Crippen molar-refractivity contribution in [2.75, 3.05) is 6.61 Å². The molecule has 0 radical (unpaired) electrons. The Morgan fingerprint density at radius 1 is 0.944 bits per heavy atom. The molecule has 0 heterocycles. The van der Waals surface area contributed by atoms with Crippen LogP contribution in [0.5, 0.6) is 0 Å². The summed E-state index contributed by atoms with van der Waals surface area (Å²) in [6, 6.07) is 18.8. The van der Waals surface area contributed by atoms with Gasteiger partial charge in [0.25, 0.3) is 0 Å². The summed E-state index contributed by atoms with van der Waals surface area (Å²) in [5, 5.41) is 9.01. The maximum absolute atomic E-state index is 9.01. The zero-order valence-corrected chi connectivity index (χ0v) is 10.6. The van der Waals surface area contributed by atoms with Crippen LogP contribution in [0.2, 0.25) is 0 Å². The predicted molar refractivity (Wildman–Crippen MR) is 76.4 cm³/mol. The summed E-state index contributed by atoms with van der Waals surface area (Å²) in [6.07, 6.45) is 2.78. The van der Waals surface area contributed by atoms with E-state index in [1.54, 1.807) is 0 Å². The number of aryl methyl sites for hydroxylation is 1. The molecular formula is C17H18O. The highest BCUT2D eigenvalue weighted by atomic mass is 16.2. The maximum atomic E-state index is 9.01. The normalized spacial score (nSPS) is 11.6. The van der Waals surface area contributed by atoms with Crippen LogP contribution in [0.15, 0.2) is 60.7 Å². The van der Waals surface area contributed by atoms with Gasteiger partial charge in [-0.3, -0.25) is 0 Å². The molecule has 1 heteroatoms. The monoisotopic (exact) mass is 238 g/mol. The second kappa shape index (κ2) is 6.18. The molecule has 0 bridgehead atoms. The Hall–Kier alpha value is -1.86. The van der Waals surface area contributed by atoms with Crippen molar-refractivity contribution in [3.8, 4) is 0 Å². The summed E-state index contributed by atoms with van der Waals surface area (Å²) < 4.78 is 0. The van der Waals surface area contributed by atoms with Crippen molar-refractivity contribution in [2.24, 2.45) is 0 Å². The lowest BCUT2D eigenvalue weighted by Gasteiger charge is -2.09. The molecule has 2 aromatic rings. The van der Waals surface area contributed by atoms with Crippen LogP contribution in [0.25, 0.3) is 5.57 Å². The highest BCUT2D eigenvalue weighted by Crippen LogP contribution is 2.24. The number of benzene rings is 2. The van der Waals surface area contributed by atoms with Gasteiger partial charge < -0.3 is 5.11 Å². The van der Waals surface area contributed by atoms with E-state index < -0.39 is 0 Å². The van der Waals surface area contributed by atoms with Crippen LogP contribution in [0.4, 0.5) is 0 Å². The van der Waals surface area contributed by atoms with Gasteiger partial charge in [-0.15, -0.1) is 0 Å². The number of aliphatic hydroxyl groups excluding tert-OH is 1. The molecule has 0 unspecified atom stereocenters. The first-order chi connectivity index (χ1) is 8.81. The van der Waals surface area contributed by atoms with E-state index in [4.69, 9.17) is 5.11 Å². The van der Waals surface area contributed by atoms with Gasteiger partial charge in [-0.05, 0) is 30.0 Å². The Bertz CT molecular complexity index is 509. The lowest BCUT2D eigenvalue weighted by molar-refractivity contribution is 0.303. The molecule has 0 atom stereocenters. The van der Waals surface area contributed by atoms with Crippen LogP contribution in [0, 0.1) is 6.92 Å². The first kappa shape index (κ1) is 12.6. The van der Waals surface area contributed by atoms with E-state index in [0.29, 0.717) is 6.42 Å². The van der Waals surface area contributed by atoms with E-state index in [-0.39, 0.29) is 6.61 Å². The van der Waals surface area contributed by atoms with E-state index in [9.17, 15) is 0 Å². The highest BCUT2D eigenvalue weighted by Gasteiger charge is 2.03. The Morgan fingerprint density at radius 3 is 2.17 bits per heavy atom. The molecule has 1 N–H and O–H groups in total. The minimum absolute atomic E-state index is 0.183. The van der Waals surface area contributed by atoms with Gasteiger partial charge in [0.1, 0.15) is 0 Å². The van der Waals surface area contributed by atoms with Crippen molar-refractivity contribution in [3.63, 3.8) is 0 Å². The van der Waals surface area contributed by atoms with Crippen molar-refractivity contribution < 1.29 is 5.11 Å². The summed E-state index contributed by atoms with van der Waals surface area (Å²) in [5.41, 5.74) is 4.83. The summed E-state index contributed by atoms with van der Waals surface area (Å²) in [5.74, 6) is 0. The minimum Gasteiger partial charge on any atom is -0.396 e. The highest BCUT2D eigenvalue weighted by molar-refractivity contribution is 5.79. The second-order valence-electron chi connectivity index (χ2n) is 4.36. The largest absolute Gasteiger partial charge is 0.396 e. The molecule has 0 saturated heterocycles.